The number of anilines is 1. The van der Waals surface area contributed by atoms with Crippen LogP contribution in [0.5, 0.6) is 0 Å². The second kappa shape index (κ2) is 7.70. The molecule has 2 heterocycles. The van der Waals surface area contributed by atoms with Gasteiger partial charge < -0.3 is 5.32 Å². The molecule has 0 atom stereocenters. The Labute approximate surface area is 167 Å². The van der Waals surface area contributed by atoms with Crippen LogP contribution in [0.4, 0.5) is 5.69 Å². The first-order chi connectivity index (χ1) is 13.6. The number of nitrogens with one attached hydrogen (secondary N) is 2. The molecule has 1 amide bonds. The fourth-order valence-corrected chi connectivity index (χ4v) is 3.02. The molecule has 28 heavy (non-hydrogen) atoms. The van der Waals surface area contributed by atoms with Crippen molar-refractivity contribution in [3.8, 4) is 11.3 Å². The number of benzene rings is 2. The Bertz CT molecular complexity index is 1110. The van der Waals surface area contributed by atoms with E-state index in [0.29, 0.717) is 22.9 Å². The third-order valence-corrected chi connectivity index (χ3v) is 4.50. The smallest absolute Gasteiger partial charge is 0.273 e. The number of rotatable bonds is 5. The van der Waals surface area contributed by atoms with Crippen molar-refractivity contribution < 1.29 is 4.79 Å². The zero-order valence-electron chi connectivity index (χ0n) is 15.2. The maximum Gasteiger partial charge on any atom is 0.273 e. The summed E-state index contributed by atoms with van der Waals surface area (Å²) >= 11 is 5.90. The van der Waals surface area contributed by atoms with E-state index in [0.717, 1.165) is 16.8 Å². The number of hydrogen-bond donors (Lipinski definition) is 2. The number of hydrogen-bond acceptors (Lipinski definition) is 3. The first-order valence-corrected chi connectivity index (χ1v) is 9.15. The van der Waals surface area contributed by atoms with Crippen LogP contribution in [0, 0.1) is 6.92 Å². The van der Waals surface area contributed by atoms with Crippen molar-refractivity contribution in [3.05, 3.63) is 88.8 Å². The van der Waals surface area contributed by atoms with Gasteiger partial charge in [-0.15, -0.1) is 0 Å². The van der Waals surface area contributed by atoms with Crippen LogP contribution in [0.1, 0.15) is 21.6 Å². The minimum absolute atomic E-state index is 0.245. The highest BCUT2D eigenvalue weighted by atomic mass is 35.5. The van der Waals surface area contributed by atoms with E-state index in [1.54, 1.807) is 23.1 Å². The maximum absolute atomic E-state index is 12.6. The zero-order chi connectivity index (χ0) is 19.5. The van der Waals surface area contributed by atoms with E-state index in [2.05, 4.69) is 20.6 Å². The summed E-state index contributed by atoms with van der Waals surface area (Å²) in [4.78, 5) is 12.6. The molecule has 140 valence electrons. The minimum Gasteiger partial charge on any atom is -0.321 e. The molecule has 2 N–H and O–H groups in total. The molecule has 2 aromatic heterocycles. The van der Waals surface area contributed by atoms with Gasteiger partial charge in [-0.25, -0.2) is 0 Å². The minimum atomic E-state index is -0.245. The van der Waals surface area contributed by atoms with Crippen LogP contribution in [0.3, 0.4) is 0 Å². The molecule has 0 saturated heterocycles. The SMILES string of the molecule is Cc1ccc(-c2cc(C(=O)Nc3cccc(Cn4cc(Cl)cn4)c3)[nH]n2)cc1. The van der Waals surface area contributed by atoms with Crippen LogP contribution in [0.25, 0.3) is 11.3 Å². The van der Waals surface area contributed by atoms with Gasteiger partial charge in [0.1, 0.15) is 5.69 Å². The average Bonchev–Trinajstić information content (AvgIpc) is 3.32. The number of aryl methyl sites for hydroxylation is 1. The Morgan fingerprint density at radius 1 is 1.18 bits per heavy atom. The zero-order valence-corrected chi connectivity index (χ0v) is 15.9. The summed E-state index contributed by atoms with van der Waals surface area (Å²) in [5, 5.41) is 14.7. The van der Waals surface area contributed by atoms with E-state index in [1.165, 1.54) is 5.56 Å². The number of nitrogens with zero attached hydrogens (tertiary/aromatic N) is 3. The largest absolute Gasteiger partial charge is 0.321 e. The van der Waals surface area contributed by atoms with Crippen molar-refractivity contribution in [2.75, 3.05) is 5.32 Å². The predicted molar refractivity (Wildman–Crippen MR) is 109 cm³/mol. The van der Waals surface area contributed by atoms with E-state index >= 15 is 0 Å². The third kappa shape index (κ3) is 4.13. The van der Waals surface area contributed by atoms with Crippen LogP contribution < -0.4 is 5.32 Å². The van der Waals surface area contributed by atoms with Crippen molar-refractivity contribution in [2.24, 2.45) is 0 Å². The molecule has 0 aliphatic rings. The summed E-state index contributed by atoms with van der Waals surface area (Å²) in [6.45, 7) is 2.60. The van der Waals surface area contributed by atoms with E-state index < -0.39 is 0 Å². The van der Waals surface area contributed by atoms with Gasteiger partial charge in [-0.05, 0) is 30.7 Å². The van der Waals surface area contributed by atoms with Crippen LogP contribution in [-0.2, 0) is 6.54 Å². The summed E-state index contributed by atoms with van der Waals surface area (Å²) in [5.74, 6) is -0.245. The highest BCUT2D eigenvalue weighted by molar-refractivity contribution is 6.30. The lowest BCUT2D eigenvalue weighted by Crippen LogP contribution is -2.12. The van der Waals surface area contributed by atoms with Crippen LogP contribution in [0.15, 0.2) is 67.0 Å². The quantitative estimate of drug-likeness (QED) is 0.524. The molecule has 0 radical (unpaired) electrons. The summed E-state index contributed by atoms with van der Waals surface area (Å²) in [5.41, 5.74) is 4.97. The van der Waals surface area contributed by atoms with Gasteiger partial charge in [0.05, 0.1) is 23.5 Å². The van der Waals surface area contributed by atoms with Gasteiger partial charge in [0, 0.05) is 17.4 Å². The Morgan fingerprint density at radius 2 is 2.00 bits per heavy atom. The summed E-state index contributed by atoms with van der Waals surface area (Å²) in [6, 6.07) is 17.4. The lowest BCUT2D eigenvalue weighted by atomic mass is 10.1. The van der Waals surface area contributed by atoms with Gasteiger partial charge in [-0.3, -0.25) is 14.6 Å². The van der Waals surface area contributed by atoms with Gasteiger partial charge >= 0.3 is 0 Å². The van der Waals surface area contributed by atoms with Gasteiger partial charge in [0.25, 0.3) is 5.91 Å². The second-order valence-corrected chi connectivity index (χ2v) is 6.98. The molecule has 0 aliphatic heterocycles. The van der Waals surface area contributed by atoms with E-state index in [-0.39, 0.29) is 5.91 Å². The molecule has 7 heteroatoms. The van der Waals surface area contributed by atoms with Crippen LogP contribution in [0.2, 0.25) is 5.02 Å². The molecule has 0 aliphatic carbocycles. The molecule has 0 saturated carbocycles. The first kappa shape index (κ1) is 18.0. The maximum atomic E-state index is 12.6. The van der Waals surface area contributed by atoms with Gasteiger partial charge in [0.15, 0.2) is 0 Å². The Morgan fingerprint density at radius 3 is 2.75 bits per heavy atom. The molecule has 0 spiro atoms. The van der Waals surface area contributed by atoms with Crippen molar-refractivity contribution in [2.45, 2.75) is 13.5 Å². The molecular formula is C21H18ClN5O. The molecule has 6 nitrogen and oxygen atoms in total. The van der Waals surface area contributed by atoms with E-state index in [9.17, 15) is 4.79 Å². The lowest BCUT2D eigenvalue weighted by molar-refractivity contribution is 0.102. The summed E-state index contributed by atoms with van der Waals surface area (Å²) < 4.78 is 1.74. The predicted octanol–water partition coefficient (Wildman–Crippen LogP) is 4.54. The number of H-pyrrole nitrogens is 1. The Hall–Kier alpha value is -3.38. The van der Waals surface area contributed by atoms with Crippen molar-refractivity contribution in [3.63, 3.8) is 0 Å². The van der Waals surface area contributed by atoms with Crippen LogP contribution >= 0.6 is 11.6 Å². The number of aromatic amines is 1. The number of aromatic nitrogens is 4. The van der Waals surface area contributed by atoms with E-state index in [1.807, 2.05) is 55.5 Å². The van der Waals surface area contributed by atoms with Gasteiger partial charge in [-0.2, -0.15) is 10.2 Å². The summed E-state index contributed by atoms with van der Waals surface area (Å²) in [7, 11) is 0. The second-order valence-electron chi connectivity index (χ2n) is 6.54. The normalized spacial score (nSPS) is 10.8. The standard InChI is InChI=1S/C21H18ClN5O/c1-14-5-7-16(8-6-14)19-10-20(26-25-19)21(28)24-18-4-2-3-15(9-18)12-27-13-17(22)11-23-27/h2-11,13H,12H2,1H3,(H,24,28)(H,25,26). The molecular weight excluding hydrogens is 374 g/mol. The molecule has 4 aromatic rings. The molecule has 0 fully saturated rings. The van der Waals surface area contributed by atoms with Gasteiger partial charge in [0.2, 0.25) is 0 Å². The van der Waals surface area contributed by atoms with Crippen molar-refractivity contribution in [1.82, 2.24) is 20.0 Å². The van der Waals surface area contributed by atoms with Crippen molar-refractivity contribution in [1.29, 1.82) is 0 Å². The number of carbonyl (C=O) groups is 1. The Kier molecular flexibility index (Phi) is 4.95. The monoisotopic (exact) mass is 391 g/mol. The van der Waals surface area contributed by atoms with E-state index in [4.69, 9.17) is 11.6 Å². The number of carbonyl (C=O) groups excluding carboxylic acids is 1. The molecule has 4 rings (SSSR count). The molecule has 0 bridgehead atoms. The average molecular weight is 392 g/mol. The highest BCUT2D eigenvalue weighted by Gasteiger charge is 2.12. The fraction of sp³-hybridized carbons (Fsp3) is 0.0952. The van der Waals surface area contributed by atoms with Crippen molar-refractivity contribution >= 4 is 23.2 Å². The summed E-state index contributed by atoms with van der Waals surface area (Å²) in [6.07, 6.45) is 3.35. The van der Waals surface area contributed by atoms with Crippen LogP contribution in [-0.4, -0.2) is 25.9 Å². The highest BCUT2D eigenvalue weighted by Crippen LogP contribution is 2.19. The topological polar surface area (TPSA) is 75.6 Å². The number of amides is 1. The molecule has 0 unspecified atom stereocenters. The Balaban J connectivity index is 1.46. The third-order valence-electron chi connectivity index (χ3n) is 4.30. The fourth-order valence-electron chi connectivity index (χ4n) is 2.87. The first-order valence-electron chi connectivity index (χ1n) is 8.77. The lowest BCUT2D eigenvalue weighted by Gasteiger charge is -2.07. The molecule has 2 aromatic carbocycles. The number of halogens is 1. The van der Waals surface area contributed by atoms with Gasteiger partial charge in [-0.1, -0.05) is 53.6 Å².